The van der Waals surface area contributed by atoms with Crippen molar-refractivity contribution in [1.82, 2.24) is 15.1 Å². The number of nitrogens with zero attached hydrogens (tertiary/aromatic N) is 3. The summed E-state index contributed by atoms with van der Waals surface area (Å²) in [6.45, 7) is 1.57. The molecule has 7 heteroatoms. The van der Waals surface area contributed by atoms with Gasteiger partial charge in [0.1, 0.15) is 6.04 Å². The van der Waals surface area contributed by atoms with E-state index in [0.29, 0.717) is 5.82 Å². The van der Waals surface area contributed by atoms with Crippen molar-refractivity contribution in [2.45, 2.75) is 19.1 Å². The minimum atomic E-state index is -0.722. The zero-order valence-corrected chi connectivity index (χ0v) is 8.81. The van der Waals surface area contributed by atoms with Crippen LogP contribution in [0, 0.1) is 0 Å². The van der Waals surface area contributed by atoms with Crippen molar-refractivity contribution in [2.24, 2.45) is 5.73 Å². The van der Waals surface area contributed by atoms with Gasteiger partial charge in [-0.25, -0.2) is 0 Å². The molecule has 0 amide bonds. The van der Waals surface area contributed by atoms with Gasteiger partial charge in [-0.3, -0.25) is 4.98 Å². The van der Waals surface area contributed by atoms with E-state index in [1.54, 1.807) is 18.6 Å². The summed E-state index contributed by atoms with van der Waals surface area (Å²) in [5.41, 5.74) is 7.33. The zero-order chi connectivity index (χ0) is 10.8. The maximum absolute atomic E-state index is 9.25. The van der Waals surface area contributed by atoms with Gasteiger partial charge in [-0.1, -0.05) is 5.16 Å². The summed E-state index contributed by atoms with van der Waals surface area (Å²) in [4.78, 5) is 8.79. The Balaban J connectivity index is 2.25. The van der Waals surface area contributed by atoms with Gasteiger partial charge in [0, 0.05) is 6.20 Å². The van der Waals surface area contributed by atoms with Crippen LogP contribution in [-0.2, 0) is 0 Å². The molecule has 2 unspecified atom stereocenters. The molecule has 0 radical (unpaired) electrons. The van der Waals surface area contributed by atoms with Crippen LogP contribution in [0.3, 0.4) is 0 Å². The third kappa shape index (κ3) is 2.04. The molecule has 0 spiro atoms. The number of hydrogen-bond donors (Lipinski definition) is 2. The highest BCUT2D eigenvalue weighted by molar-refractivity contribution is 7.13. The zero-order valence-electron chi connectivity index (χ0n) is 7.99. The molecule has 15 heavy (non-hydrogen) atoms. The molecule has 80 valence electrons. The molecule has 0 aromatic carbocycles. The van der Waals surface area contributed by atoms with Gasteiger partial charge in [-0.2, -0.15) is 4.98 Å². The summed E-state index contributed by atoms with van der Waals surface area (Å²) in [7, 11) is 0. The molecule has 2 atom stereocenters. The Morgan fingerprint density at radius 3 is 3.00 bits per heavy atom. The van der Waals surface area contributed by atoms with E-state index in [-0.39, 0.29) is 5.89 Å². The van der Waals surface area contributed by atoms with Gasteiger partial charge in [0.05, 0.1) is 16.5 Å². The molecule has 0 aliphatic rings. The van der Waals surface area contributed by atoms with Crippen LogP contribution in [0.2, 0.25) is 0 Å². The molecule has 3 N–H and O–H groups in total. The van der Waals surface area contributed by atoms with Gasteiger partial charge in [0.25, 0.3) is 0 Å². The summed E-state index contributed by atoms with van der Waals surface area (Å²) in [6.07, 6.45) is 0.924. The molecular weight excluding hydrogens is 216 g/mol. The molecule has 0 aliphatic carbocycles. The van der Waals surface area contributed by atoms with Crippen molar-refractivity contribution < 1.29 is 9.63 Å². The number of hydrogen-bond acceptors (Lipinski definition) is 7. The second-order valence-electron chi connectivity index (χ2n) is 3.09. The largest absolute Gasteiger partial charge is 0.391 e. The Bertz CT molecular complexity index is 426. The standard InChI is InChI=1S/C8H10N4O2S/c1-4(13)6(9)8-11-7(12-14-8)5-2-10-3-15-5/h2-4,6,13H,9H2,1H3. The van der Waals surface area contributed by atoms with Crippen molar-refractivity contribution in [1.29, 1.82) is 0 Å². The lowest BCUT2D eigenvalue weighted by Gasteiger charge is -2.08. The Morgan fingerprint density at radius 2 is 2.40 bits per heavy atom. The molecule has 0 saturated heterocycles. The van der Waals surface area contributed by atoms with Crippen molar-refractivity contribution >= 4 is 11.3 Å². The van der Waals surface area contributed by atoms with E-state index in [1.165, 1.54) is 11.3 Å². The topological polar surface area (TPSA) is 98.1 Å². The van der Waals surface area contributed by atoms with Crippen LogP contribution < -0.4 is 5.73 Å². The Kier molecular flexibility index (Phi) is 2.76. The molecule has 0 saturated carbocycles. The second-order valence-corrected chi connectivity index (χ2v) is 3.97. The Hall–Kier alpha value is -1.31. The summed E-state index contributed by atoms with van der Waals surface area (Å²) < 4.78 is 4.94. The number of aromatic nitrogens is 3. The highest BCUT2D eigenvalue weighted by atomic mass is 32.1. The molecule has 2 aromatic heterocycles. The lowest BCUT2D eigenvalue weighted by molar-refractivity contribution is 0.146. The van der Waals surface area contributed by atoms with Crippen LogP contribution >= 0.6 is 11.3 Å². The first-order valence-electron chi connectivity index (χ1n) is 4.34. The second kappa shape index (κ2) is 4.05. The van der Waals surface area contributed by atoms with Gasteiger partial charge in [-0.15, -0.1) is 11.3 Å². The number of thiazole rings is 1. The molecule has 2 rings (SSSR count). The lowest BCUT2D eigenvalue weighted by Crippen LogP contribution is -2.23. The maximum Gasteiger partial charge on any atom is 0.246 e. The number of aliphatic hydroxyl groups is 1. The monoisotopic (exact) mass is 226 g/mol. The van der Waals surface area contributed by atoms with E-state index in [9.17, 15) is 5.11 Å². The van der Waals surface area contributed by atoms with Crippen molar-refractivity contribution in [3.63, 3.8) is 0 Å². The average molecular weight is 226 g/mol. The minimum Gasteiger partial charge on any atom is -0.391 e. The lowest BCUT2D eigenvalue weighted by atomic mass is 10.2. The van der Waals surface area contributed by atoms with Gasteiger partial charge < -0.3 is 15.4 Å². The maximum atomic E-state index is 9.25. The van der Waals surface area contributed by atoms with E-state index in [4.69, 9.17) is 10.3 Å². The highest BCUT2D eigenvalue weighted by Gasteiger charge is 2.20. The first-order valence-corrected chi connectivity index (χ1v) is 5.22. The SMILES string of the molecule is CC(O)C(N)c1nc(-c2cncs2)no1. The number of rotatable bonds is 3. The van der Waals surface area contributed by atoms with E-state index >= 15 is 0 Å². The minimum absolute atomic E-state index is 0.230. The van der Waals surface area contributed by atoms with Gasteiger partial charge in [0.2, 0.25) is 11.7 Å². The van der Waals surface area contributed by atoms with Crippen LogP contribution in [0.15, 0.2) is 16.2 Å². The van der Waals surface area contributed by atoms with Gasteiger partial charge in [-0.05, 0) is 6.92 Å². The van der Waals surface area contributed by atoms with Gasteiger partial charge >= 0.3 is 0 Å². The third-order valence-electron chi connectivity index (χ3n) is 1.90. The predicted octanol–water partition coefficient (Wildman–Crippen LogP) is 0.574. The molecule has 2 heterocycles. The van der Waals surface area contributed by atoms with E-state index in [0.717, 1.165) is 4.88 Å². The Morgan fingerprint density at radius 1 is 1.60 bits per heavy atom. The molecule has 0 bridgehead atoms. The fourth-order valence-electron chi connectivity index (χ4n) is 1.00. The van der Waals surface area contributed by atoms with E-state index < -0.39 is 12.1 Å². The van der Waals surface area contributed by atoms with Gasteiger partial charge in [0.15, 0.2) is 0 Å². The first-order chi connectivity index (χ1) is 7.18. The summed E-state index contributed by atoms with van der Waals surface area (Å²) in [6, 6.07) is -0.654. The van der Waals surface area contributed by atoms with Crippen molar-refractivity contribution in [2.75, 3.05) is 0 Å². The molecule has 0 fully saturated rings. The summed E-state index contributed by atoms with van der Waals surface area (Å²) in [5, 5.41) is 13.0. The van der Waals surface area contributed by atoms with Crippen molar-refractivity contribution in [3.05, 3.63) is 17.6 Å². The summed E-state index contributed by atoms with van der Waals surface area (Å²) >= 11 is 1.41. The van der Waals surface area contributed by atoms with Crippen LogP contribution in [0.5, 0.6) is 0 Å². The fourth-order valence-corrected chi connectivity index (χ4v) is 1.55. The quantitative estimate of drug-likeness (QED) is 0.794. The highest BCUT2D eigenvalue weighted by Crippen LogP contribution is 2.21. The third-order valence-corrected chi connectivity index (χ3v) is 2.67. The summed E-state index contributed by atoms with van der Waals surface area (Å²) in [5.74, 6) is 0.678. The van der Waals surface area contributed by atoms with Crippen LogP contribution in [0.25, 0.3) is 10.7 Å². The number of aliphatic hydroxyl groups excluding tert-OH is 1. The molecule has 0 aliphatic heterocycles. The van der Waals surface area contributed by atoms with Crippen LogP contribution in [0.1, 0.15) is 18.9 Å². The predicted molar refractivity (Wildman–Crippen MR) is 54.0 cm³/mol. The normalized spacial score (nSPS) is 15.1. The van der Waals surface area contributed by atoms with Crippen LogP contribution in [-0.4, -0.2) is 26.3 Å². The van der Waals surface area contributed by atoms with E-state index in [1.807, 2.05) is 0 Å². The molecule has 6 nitrogen and oxygen atoms in total. The first kappa shape index (κ1) is 10.2. The number of nitrogens with two attached hydrogens (primary N) is 1. The van der Waals surface area contributed by atoms with Crippen LogP contribution in [0.4, 0.5) is 0 Å². The molecule has 2 aromatic rings. The Labute approximate surface area is 89.8 Å². The molecular formula is C8H10N4O2S. The van der Waals surface area contributed by atoms with E-state index in [2.05, 4.69) is 15.1 Å². The smallest absolute Gasteiger partial charge is 0.246 e. The average Bonchev–Trinajstić information content (AvgIpc) is 2.86. The fraction of sp³-hybridized carbons (Fsp3) is 0.375. The van der Waals surface area contributed by atoms with Crippen molar-refractivity contribution in [3.8, 4) is 10.7 Å².